The summed E-state index contributed by atoms with van der Waals surface area (Å²) in [6, 6.07) is 25.6. The van der Waals surface area contributed by atoms with Gasteiger partial charge in [-0.1, -0.05) is 95.0 Å². The molecule has 12 heteroatoms. The van der Waals surface area contributed by atoms with E-state index in [1.807, 2.05) is 36.4 Å². The van der Waals surface area contributed by atoms with Crippen molar-refractivity contribution in [2.75, 3.05) is 12.5 Å². The molecular formula is C40H32Cl3N3O6. The number of likely N-dealkylation sites (tertiary alicyclic amines) is 1. The highest BCUT2D eigenvalue weighted by atomic mass is 35.5. The van der Waals surface area contributed by atoms with Crippen LogP contribution in [0.2, 0.25) is 15.1 Å². The summed E-state index contributed by atoms with van der Waals surface area (Å²) in [6.07, 6.45) is 2.34. The number of rotatable bonds is 7. The van der Waals surface area contributed by atoms with E-state index in [1.165, 1.54) is 30.2 Å². The van der Waals surface area contributed by atoms with Gasteiger partial charge >= 0.3 is 0 Å². The molecule has 3 fully saturated rings. The number of carbonyl (C=O) groups excluding carboxylic acids is 4. The van der Waals surface area contributed by atoms with Crippen LogP contribution in [0.3, 0.4) is 0 Å². The molecule has 8 rings (SSSR count). The monoisotopic (exact) mass is 755 g/mol. The summed E-state index contributed by atoms with van der Waals surface area (Å²) in [4.78, 5) is 59.9. The molecule has 0 spiro atoms. The second-order valence-electron chi connectivity index (χ2n) is 13.7. The molecule has 2 aliphatic heterocycles. The van der Waals surface area contributed by atoms with Gasteiger partial charge in [0.25, 0.3) is 11.8 Å². The third kappa shape index (κ3) is 5.20. The lowest BCUT2D eigenvalue weighted by Crippen LogP contribution is -2.53. The molecule has 2 saturated heterocycles. The van der Waals surface area contributed by atoms with E-state index >= 15 is 4.79 Å². The Kier molecular flexibility index (Phi) is 8.56. The molecule has 0 radical (unpaired) electrons. The highest BCUT2D eigenvalue weighted by Gasteiger charge is 2.70. The normalized spacial score (nSPS) is 26.5. The van der Waals surface area contributed by atoms with E-state index in [4.69, 9.17) is 39.5 Å². The number of phenolic OH excluding ortho intramolecular Hbond substituents is 1. The number of carbonyl (C=O) groups is 4. The minimum atomic E-state index is -1.57. The molecule has 2 heterocycles. The number of methoxy groups -OCH3 is 1. The van der Waals surface area contributed by atoms with Crippen LogP contribution in [-0.4, -0.2) is 45.8 Å². The number of hydrazine groups is 1. The number of halogens is 3. The maximum atomic E-state index is 15.3. The summed E-state index contributed by atoms with van der Waals surface area (Å²) in [5.41, 5.74) is 4.31. The third-order valence-corrected chi connectivity index (χ3v) is 12.0. The molecule has 4 amide bonds. The number of ether oxygens (including phenoxy) is 1. The van der Waals surface area contributed by atoms with Crippen molar-refractivity contribution < 1.29 is 29.0 Å². The fourth-order valence-electron chi connectivity index (χ4n) is 8.93. The van der Waals surface area contributed by atoms with Gasteiger partial charge in [0.1, 0.15) is 11.5 Å². The number of fused-ring (bicyclic) bond motifs is 4. The smallest absolute Gasteiger partial charge is 0.260 e. The van der Waals surface area contributed by atoms with Gasteiger partial charge in [-0.2, -0.15) is 5.01 Å². The Balaban J connectivity index is 1.31. The largest absolute Gasteiger partial charge is 0.508 e. The fraction of sp³-hybridized carbons (Fsp3) is 0.250. The van der Waals surface area contributed by atoms with E-state index in [0.29, 0.717) is 27.6 Å². The highest BCUT2D eigenvalue weighted by molar-refractivity contribution is 6.36. The predicted molar refractivity (Wildman–Crippen MR) is 196 cm³/mol. The number of phenols is 1. The van der Waals surface area contributed by atoms with E-state index < -0.39 is 46.8 Å². The Morgan fingerprint density at radius 3 is 2.29 bits per heavy atom. The van der Waals surface area contributed by atoms with Gasteiger partial charge in [0.2, 0.25) is 11.8 Å². The SMILES string of the molecule is COc1ccc(C23C(=O)N(Nc4ccc(Cl)cc4Cl)C(=O)C2CC2C(=CCC4C(=O)N(Cc5ccccc5)C(=O)C42)C3c2ccc(O)cc2Cl)cc1. The van der Waals surface area contributed by atoms with Gasteiger partial charge in [0, 0.05) is 16.0 Å². The third-order valence-electron chi connectivity index (χ3n) is 11.2. The molecule has 2 N–H and O–H groups in total. The van der Waals surface area contributed by atoms with Crippen LogP contribution in [0.4, 0.5) is 5.69 Å². The second kappa shape index (κ2) is 13.0. The number of nitrogens with one attached hydrogen (secondary N) is 1. The first-order valence-electron chi connectivity index (χ1n) is 16.9. The predicted octanol–water partition coefficient (Wildman–Crippen LogP) is 7.55. The summed E-state index contributed by atoms with van der Waals surface area (Å²) in [7, 11) is 1.54. The molecule has 264 valence electrons. The lowest BCUT2D eigenvalue weighted by molar-refractivity contribution is -0.142. The number of hydrogen-bond acceptors (Lipinski definition) is 7. The minimum Gasteiger partial charge on any atom is -0.508 e. The molecule has 9 nitrogen and oxygen atoms in total. The molecular weight excluding hydrogens is 725 g/mol. The Bertz CT molecular complexity index is 2180. The lowest BCUT2D eigenvalue weighted by atomic mass is 9.49. The quantitative estimate of drug-likeness (QED) is 0.148. The number of nitrogens with zero attached hydrogens (tertiary/aromatic N) is 2. The molecule has 1 saturated carbocycles. The number of amides is 4. The van der Waals surface area contributed by atoms with Gasteiger partial charge in [-0.3, -0.25) is 29.5 Å². The first kappa shape index (κ1) is 34.3. The van der Waals surface area contributed by atoms with E-state index in [2.05, 4.69) is 5.43 Å². The number of aromatic hydroxyl groups is 1. The Morgan fingerprint density at radius 2 is 1.60 bits per heavy atom. The van der Waals surface area contributed by atoms with Gasteiger partial charge in [-0.05, 0) is 77.9 Å². The van der Waals surface area contributed by atoms with Crippen molar-refractivity contribution in [1.82, 2.24) is 9.91 Å². The molecule has 6 unspecified atom stereocenters. The van der Waals surface area contributed by atoms with E-state index in [1.54, 1.807) is 42.5 Å². The Morgan fingerprint density at radius 1 is 0.846 bits per heavy atom. The second-order valence-corrected chi connectivity index (χ2v) is 14.9. The number of benzene rings is 4. The van der Waals surface area contributed by atoms with Gasteiger partial charge in [0.05, 0.1) is 47.5 Å². The molecule has 4 aromatic rings. The number of hydrogen-bond donors (Lipinski definition) is 2. The summed E-state index contributed by atoms with van der Waals surface area (Å²) < 4.78 is 5.45. The van der Waals surface area contributed by atoms with Crippen LogP contribution in [0.25, 0.3) is 0 Å². The number of allylic oxidation sites excluding steroid dienone is 2. The van der Waals surface area contributed by atoms with E-state index in [9.17, 15) is 19.5 Å². The summed E-state index contributed by atoms with van der Waals surface area (Å²) in [6.45, 7) is 0.136. The average Bonchev–Trinajstić information content (AvgIpc) is 3.50. The number of anilines is 1. The summed E-state index contributed by atoms with van der Waals surface area (Å²) >= 11 is 19.6. The molecule has 4 aromatic carbocycles. The van der Waals surface area contributed by atoms with Crippen molar-refractivity contribution >= 4 is 64.1 Å². The van der Waals surface area contributed by atoms with Crippen molar-refractivity contribution in [1.29, 1.82) is 0 Å². The average molecular weight is 757 g/mol. The van der Waals surface area contributed by atoms with Crippen LogP contribution >= 0.6 is 34.8 Å². The van der Waals surface area contributed by atoms with E-state index in [-0.39, 0.29) is 47.0 Å². The zero-order chi connectivity index (χ0) is 36.5. The first-order valence-corrected chi connectivity index (χ1v) is 18.0. The molecule has 0 bridgehead atoms. The van der Waals surface area contributed by atoms with Crippen molar-refractivity contribution in [2.45, 2.75) is 30.7 Å². The molecule has 4 aliphatic rings. The van der Waals surface area contributed by atoms with Crippen LogP contribution in [-0.2, 0) is 31.1 Å². The fourth-order valence-corrected chi connectivity index (χ4v) is 9.66. The Hall–Kier alpha value is -4.83. The maximum Gasteiger partial charge on any atom is 0.260 e. The zero-order valence-electron chi connectivity index (χ0n) is 27.8. The van der Waals surface area contributed by atoms with Gasteiger partial charge < -0.3 is 9.84 Å². The van der Waals surface area contributed by atoms with Crippen molar-refractivity contribution in [3.8, 4) is 11.5 Å². The van der Waals surface area contributed by atoms with Crippen LogP contribution in [0, 0.1) is 23.7 Å². The van der Waals surface area contributed by atoms with Crippen LogP contribution in [0.5, 0.6) is 11.5 Å². The van der Waals surface area contributed by atoms with Crippen LogP contribution in [0.15, 0.2) is 103 Å². The molecule has 52 heavy (non-hydrogen) atoms. The Labute approximate surface area is 314 Å². The molecule has 0 aromatic heterocycles. The zero-order valence-corrected chi connectivity index (χ0v) is 30.0. The van der Waals surface area contributed by atoms with Gasteiger partial charge in [-0.25, -0.2) is 0 Å². The van der Waals surface area contributed by atoms with Crippen molar-refractivity contribution in [3.63, 3.8) is 0 Å². The maximum absolute atomic E-state index is 15.3. The van der Waals surface area contributed by atoms with Crippen LogP contribution < -0.4 is 10.2 Å². The lowest BCUT2D eigenvalue weighted by Gasteiger charge is -2.50. The summed E-state index contributed by atoms with van der Waals surface area (Å²) in [5.74, 6) is -4.96. The van der Waals surface area contributed by atoms with Crippen molar-refractivity contribution in [2.24, 2.45) is 23.7 Å². The van der Waals surface area contributed by atoms with Gasteiger partial charge in [-0.15, -0.1) is 0 Å². The molecule has 6 atom stereocenters. The van der Waals surface area contributed by atoms with Gasteiger partial charge in [0.15, 0.2) is 0 Å². The standard InChI is InChI=1S/C40H32Cl3N3O6/c1-52-25-11-7-22(8-12-25)40-30(37(49)46(39(40)51)44-33-16-9-23(41)17-32(33)43)19-29-26(35(40)27-13-10-24(47)18-31(27)42)14-15-28-34(29)38(50)45(36(28)48)20-21-5-3-2-4-6-21/h2-14,16-18,28-30,34-35,44,47H,15,19-20H2,1H3. The van der Waals surface area contributed by atoms with Crippen LogP contribution in [0.1, 0.15) is 35.4 Å². The van der Waals surface area contributed by atoms with E-state index in [0.717, 1.165) is 16.1 Å². The first-order chi connectivity index (χ1) is 25.0. The summed E-state index contributed by atoms with van der Waals surface area (Å²) in [5, 5.41) is 12.2. The number of imide groups is 2. The molecule has 2 aliphatic carbocycles. The van der Waals surface area contributed by atoms with Crippen molar-refractivity contribution in [3.05, 3.63) is 134 Å². The minimum absolute atomic E-state index is 0.0727. The topological polar surface area (TPSA) is 116 Å². The highest BCUT2D eigenvalue weighted by Crippen LogP contribution is 2.65.